The molecule has 3 aromatic rings. The summed E-state index contributed by atoms with van der Waals surface area (Å²) in [5, 5.41) is 0. The van der Waals surface area contributed by atoms with Gasteiger partial charge in [0.15, 0.2) is 0 Å². The van der Waals surface area contributed by atoms with Crippen LogP contribution in [0.3, 0.4) is 0 Å². The van der Waals surface area contributed by atoms with E-state index in [4.69, 9.17) is 4.42 Å². The molecule has 124 valence electrons. The maximum atomic E-state index is 13.1. The van der Waals surface area contributed by atoms with Crippen molar-refractivity contribution in [2.45, 2.75) is 25.5 Å². The van der Waals surface area contributed by atoms with Crippen molar-refractivity contribution in [2.24, 2.45) is 0 Å². The van der Waals surface area contributed by atoms with E-state index in [0.29, 0.717) is 0 Å². The van der Waals surface area contributed by atoms with Gasteiger partial charge in [0.2, 0.25) is 0 Å². The first-order chi connectivity index (χ1) is 11.7. The van der Waals surface area contributed by atoms with E-state index < -0.39 is 0 Å². The third-order valence-electron chi connectivity index (χ3n) is 4.13. The third kappa shape index (κ3) is 4.09. The lowest BCUT2D eigenvalue weighted by atomic mass is 10.0. The van der Waals surface area contributed by atoms with Crippen molar-refractivity contribution in [1.29, 1.82) is 0 Å². The van der Waals surface area contributed by atoms with Crippen LogP contribution in [-0.4, -0.2) is 6.26 Å². The fraction of sp³-hybridized carbons (Fsp3) is 0.238. The SMILES string of the molecule is CSCc1cccc(CCc2cc(-c3ccc(F)cc3)oc2C)c1. The van der Waals surface area contributed by atoms with E-state index in [1.807, 2.05) is 18.7 Å². The van der Waals surface area contributed by atoms with Crippen LogP contribution in [0.4, 0.5) is 4.39 Å². The van der Waals surface area contributed by atoms with Gasteiger partial charge in [-0.2, -0.15) is 11.8 Å². The van der Waals surface area contributed by atoms with Crippen LogP contribution >= 0.6 is 11.8 Å². The molecule has 0 saturated heterocycles. The summed E-state index contributed by atoms with van der Waals surface area (Å²) in [5.74, 6) is 2.56. The average molecular weight is 340 g/mol. The summed E-state index contributed by atoms with van der Waals surface area (Å²) >= 11 is 1.84. The number of furan rings is 1. The number of hydrogen-bond donors (Lipinski definition) is 0. The van der Waals surface area contributed by atoms with Crippen molar-refractivity contribution < 1.29 is 8.81 Å². The smallest absolute Gasteiger partial charge is 0.134 e. The Morgan fingerprint density at radius 3 is 2.46 bits per heavy atom. The Kier molecular flexibility index (Phi) is 5.41. The molecule has 24 heavy (non-hydrogen) atoms. The van der Waals surface area contributed by atoms with E-state index in [2.05, 4.69) is 36.6 Å². The number of hydrogen-bond acceptors (Lipinski definition) is 2. The molecule has 2 aromatic carbocycles. The van der Waals surface area contributed by atoms with Gasteiger partial charge in [-0.25, -0.2) is 4.39 Å². The third-order valence-corrected chi connectivity index (χ3v) is 4.76. The molecule has 0 unspecified atom stereocenters. The van der Waals surface area contributed by atoms with Gasteiger partial charge in [-0.1, -0.05) is 24.3 Å². The first kappa shape index (κ1) is 16.8. The first-order valence-corrected chi connectivity index (χ1v) is 9.47. The molecule has 0 bridgehead atoms. The van der Waals surface area contributed by atoms with Crippen LogP contribution < -0.4 is 0 Å². The molecule has 0 radical (unpaired) electrons. The van der Waals surface area contributed by atoms with Crippen LogP contribution in [-0.2, 0) is 18.6 Å². The van der Waals surface area contributed by atoms with Gasteiger partial charge >= 0.3 is 0 Å². The van der Waals surface area contributed by atoms with Gasteiger partial charge in [-0.15, -0.1) is 0 Å². The summed E-state index contributed by atoms with van der Waals surface area (Å²) < 4.78 is 18.9. The second kappa shape index (κ2) is 7.71. The highest BCUT2D eigenvalue weighted by atomic mass is 32.2. The van der Waals surface area contributed by atoms with Crippen LogP contribution in [0.25, 0.3) is 11.3 Å². The highest BCUT2D eigenvalue weighted by molar-refractivity contribution is 7.97. The second-order valence-corrected chi connectivity index (χ2v) is 6.82. The van der Waals surface area contributed by atoms with Gasteiger partial charge in [0.05, 0.1) is 0 Å². The summed E-state index contributed by atoms with van der Waals surface area (Å²) in [6, 6.07) is 17.3. The lowest BCUT2D eigenvalue weighted by Crippen LogP contribution is -1.92. The monoisotopic (exact) mass is 340 g/mol. The number of aryl methyl sites for hydroxylation is 3. The molecular formula is C21H21FOS. The highest BCUT2D eigenvalue weighted by Crippen LogP contribution is 2.26. The quantitative estimate of drug-likeness (QED) is 0.542. The molecule has 1 nitrogen and oxygen atoms in total. The standard InChI is InChI=1S/C21H21FOS/c1-15-19(7-6-16-4-3-5-17(12-16)14-24-2)13-21(23-15)18-8-10-20(22)11-9-18/h3-5,8-13H,6-7,14H2,1-2H3. The maximum Gasteiger partial charge on any atom is 0.134 e. The summed E-state index contributed by atoms with van der Waals surface area (Å²) in [6.07, 6.45) is 4.06. The topological polar surface area (TPSA) is 13.1 Å². The van der Waals surface area contributed by atoms with Gasteiger partial charge in [-0.05, 0) is 73.0 Å². The largest absolute Gasteiger partial charge is 0.461 e. The minimum atomic E-state index is -0.229. The van der Waals surface area contributed by atoms with Crippen molar-refractivity contribution in [3.63, 3.8) is 0 Å². The molecule has 0 saturated carbocycles. The fourth-order valence-electron chi connectivity index (χ4n) is 2.85. The molecule has 0 N–H and O–H groups in total. The Labute approximate surface area is 146 Å². The first-order valence-electron chi connectivity index (χ1n) is 8.07. The van der Waals surface area contributed by atoms with Crippen molar-refractivity contribution >= 4 is 11.8 Å². The lowest BCUT2D eigenvalue weighted by Gasteiger charge is -2.04. The van der Waals surface area contributed by atoms with Gasteiger partial charge in [0, 0.05) is 11.3 Å². The molecule has 0 aliphatic carbocycles. The highest BCUT2D eigenvalue weighted by Gasteiger charge is 2.10. The maximum absolute atomic E-state index is 13.1. The normalized spacial score (nSPS) is 11.0. The number of thioether (sulfide) groups is 1. The van der Waals surface area contributed by atoms with Gasteiger partial charge < -0.3 is 4.42 Å². The van der Waals surface area contributed by atoms with Crippen molar-refractivity contribution in [3.8, 4) is 11.3 Å². The van der Waals surface area contributed by atoms with E-state index >= 15 is 0 Å². The molecule has 0 aliphatic rings. The molecule has 1 aromatic heterocycles. The number of halogens is 1. The summed E-state index contributed by atoms with van der Waals surface area (Å²) in [7, 11) is 0. The zero-order valence-corrected chi connectivity index (χ0v) is 14.8. The van der Waals surface area contributed by atoms with Gasteiger partial charge in [-0.3, -0.25) is 0 Å². The number of benzene rings is 2. The van der Waals surface area contributed by atoms with Gasteiger partial charge in [0.1, 0.15) is 17.3 Å². The van der Waals surface area contributed by atoms with Crippen LogP contribution in [0.1, 0.15) is 22.5 Å². The zero-order valence-electron chi connectivity index (χ0n) is 14.0. The van der Waals surface area contributed by atoms with Crippen LogP contribution in [0.5, 0.6) is 0 Å². The van der Waals surface area contributed by atoms with E-state index in [1.165, 1.54) is 28.8 Å². The minimum Gasteiger partial charge on any atom is -0.461 e. The Morgan fingerprint density at radius 1 is 0.958 bits per heavy atom. The van der Waals surface area contributed by atoms with Crippen LogP contribution in [0, 0.1) is 12.7 Å². The predicted molar refractivity (Wildman–Crippen MR) is 99.9 cm³/mol. The average Bonchev–Trinajstić information content (AvgIpc) is 2.95. The van der Waals surface area contributed by atoms with E-state index in [1.54, 1.807) is 12.1 Å². The number of rotatable bonds is 6. The molecule has 1 heterocycles. The second-order valence-electron chi connectivity index (χ2n) is 5.95. The van der Waals surface area contributed by atoms with Crippen molar-refractivity contribution in [1.82, 2.24) is 0 Å². The Morgan fingerprint density at radius 2 is 1.71 bits per heavy atom. The minimum absolute atomic E-state index is 0.229. The van der Waals surface area contributed by atoms with Crippen molar-refractivity contribution in [2.75, 3.05) is 6.26 Å². The Bertz CT molecular complexity index is 805. The molecule has 0 spiro atoms. The lowest BCUT2D eigenvalue weighted by molar-refractivity contribution is 0.543. The molecule has 0 fully saturated rings. The van der Waals surface area contributed by atoms with Gasteiger partial charge in [0.25, 0.3) is 0 Å². The predicted octanol–water partition coefficient (Wildman–Crippen LogP) is 6.04. The fourth-order valence-corrected chi connectivity index (χ4v) is 3.36. The van der Waals surface area contributed by atoms with E-state index in [0.717, 1.165) is 35.7 Å². The Hall–Kier alpha value is -2.00. The Balaban J connectivity index is 1.72. The molecule has 3 rings (SSSR count). The molecule has 0 aliphatic heterocycles. The van der Waals surface area contributed by atoms with Crippen LogP contribution in [0.2, 0.25) is 0 Å². The zero-order chi connectivity index (χ0) is 16.9. The van der Waals surface area contributed by atoms with E-state index in [-0.39, 0.29) is 5.82 Å². The molecule has 0 amide bonds. The summed E-state index contributed by atoms with van der Waals surface area (Å²) in [4.78, 5) is 0. The molecule has 3 heteroatoms. The summed E-state index contributed by atoms with van der Waals surface area (Å²) in [5.41, 5.74) is 4.85. The molecular weight excluding hydrogens is 319 g/mol. The molecule has 0 atom stereocenters. The van der Waals surface area contributed by atoms with Crippen molar-refractivity contribution in [3.05, 3.63) is 82.9 Å². The van der Waals surface area contributed by atoms with E-state index in [9.17, 15) is 4.39 Å². The van der Waals surface area contributed by atoms with Crippen LogP contribution in [0.15, 0.2) is 59.0 Å². The summed E-state index contributed by atoms with van der Waals surface area (Å²) in [6.45, 7) is 1.99.